The second-order valence-corrected chi connectivity index (χ2v) is 10.9. The van der Waals surface area contributed by atoms with Gasteiger partial charge in [-0.05, 0) is 54.9 Å². The summed E-state index contributed by atoms with van der Waals surface area (Å²) < 4.78 is 56.9. The normalized spacial score (nSPS) is 23.4. The van der Waals surface area contributed by atoms with Crippen LogP contribution in [0.25, 0.3) is 11.1 Å². The van der Waals surface area contributed by atoms with Crippen LogP contribution in [-0.2, 0) is 15.0 Å². The Hall–Kier alpha value is -2.36. The molecule has 1 amide bonds. The third-order valence-electron chi connectivity index (χ3n) is 6.54. The molecule has 178 valence electrons. The van der Waals surface area contributed by atoms with Crippen LogP contribution in [-0.4, -0.2) is 56.8 Å². The highest BCUT2D eigenvalue weighted by Crippen LogP contribution is 2.51. The van der Waals surface area contributed by atoms with Gasteiger partial charge in [-0.25, -0.2) is 8.78 Å². The molecule has 1 aliphatic carbocycles. The van der Waals surface area contributed by atoms with Crippen LogP contribution in [0.4, 0.5) is 8.78 Å². The Balaban J connectivity index is 1.45. The lowest BCUT2D eigenvalue weighted by Gasteiger charge is -2.22. The van der Waals surface area contributed by atoms with Gasteiger partial charge in [-0.15, -0.1) is 0 Å². The van der Waals surface area contributed by atoms with Crippen molar-refractivity contribution in [3.05, 3.63) is 59.7 Å². The quantitative estimate of drug-likeness (QED) is 0.692. The summed E-state index contributed by atoms with van der Waals surface area (Å²) in [6.45, 7) is 1.05. The predicted molar refractivity (Wildman–Crippen MR) is 123 cm³/mol. The van der Waals surface area contributed by atoms with Gasteiger partial charge in [0, 0.05) is 39.1 Å². The fourth-order valence-corrected chi connectivity index (χ4v) is 5.47. The summed E-state index contributed by atoms with van der Waals surface area (Å²) in [5.41, 5.74) is 1.21. The van der Waals surface area contributed by atoms with Gasteiger partial charge >= 0.3 is 0 Å². The van der Waals surface area contributed by atoms with Gasteiger partial charge in [0.05, 0.1) is 5.56 Å². The SMILES string of the molecule is CN(C)S(=O)(=O)N[C@@H]1CCCN(C(=O)[C@@H]2C[C@H]2c2ccccc2-c2c(F)cccc2F)CC1. The maximum Gasteiger partial charge on any atom is 0.279 e. The average molecular weight is 478 g/mol. The van der Waals surface area contributed by atoms with Gasteiger partial charge in [-0.3, -0.25) is 4.79 Å². The molecular weight excluding hydrogens is 448 g/mol. The molecule has 0 aromatic heterocycles. The monoisotopic (exact) mass is 477 g/mol. The van der Waals surface area contributed by atoms with Crippen LogP contribution in [0, 0.1) is 17.6 Å². The first kappa shape index (κ1) is 23.8. The van der Waals surface area contributed by atoms with Crippen LogP contribution in [0.2, 0.25) is 0 Å². The van der Waals surface area contributed by atoms with Gasteiger partial charge in [-0.2, -0.15) is 17.4 Å². The Kier molecular flexibility index (Phi) is 6.83. The molecule has 1 aliphatic heterocycles. The molecule has 2 aromatic rings. The van der Waals surface area contributed by atoms with E-state index in [1.165, 1.54) is 32.3 Å². The molecule has 2 aromatic carbocycles. The zero-order valence-electron chi connectivity index (χ0n) is 18.8. The number of carbonyl (C=O) groups excluding carboxylic acids is 1. The number of carbonyl (C=O) groups is 1. The Morgan fingerprint density at radius 3 is 2.42 bits per heavy atom. The van der Waals surface area contributed by atoms with Gasteiger partial charge in [-0.1, -0.05) is 30.3 Å². The minimum Gasteiger partial charge on any atom is -0.342 e. The van der Waals surface area contributed by atoms with Crippen molar-refractivity contribution in [1.29, 1.82) is 0 Å². The number of hydrogen-bond donors (Lipinski definition) is 1. The van der Waals surface area contributed by atoms with Gasteiger partial charge < -0.3 is 4.90 Å². The first-order valence-electron chi connectivity index (χ1n) is 11.2. The molecular formula is C24H29F2N3O3S. The third kappa shape index (κ3) is 5.10. The van der Waals surface area contributed by atoms with Crippen LogP contribution >= 0.6 is 0 Å². The number of amides is 1. The van der Waals surface area contributed by atoms with E-state index >= 15 is 0 Å². The first-order chi connectivity index (χ1) is 15.7. The maximum atomic E-state index is 14.4. The second-order valence-electron chi connectivity index (χ2n) is 8.99. The first-order valence-corrected chi connectivity index (χ1v) is 12.6. The molecule has 0 unspecified atom stereocenters. The van der Waals surface area contributed by atoms with Crippen molar-refractivity contribution in [3.8, 4) is 11.1 Å². The fraction of sp³-hybridized carbons (Fsp3) is 0.458. The van der Waals surface area contributed by atoms with Gasteiger partial charge in [0.1, 0.15) is 11.6 Å². The smallest absolute Gasteiger partial charge is 0.279 e. The Bertz CT molecular complexity index is 1120. The summed E-state index contributed by atoms with van der Waals surface area (Å²) in [7, 11) is -0.562. The molecule has 1 saturated heterocycles. The number of nitrogens with zero attached hydrogens (tertiary/aromatic N) is 2. The lowest BCUT2D eigenvalue weighted by Crippen LogP contribution is -2.42. The maximum absolute atomic E-state index is 14.4. The number of hydrogen-bond acceptors (Lipinski definition) is 3. The molecule has 0 radical (unpaired) electrons. The highest BCUT2D eigenvalue weighted by atomic mass is 32.2. The summed E-state index contributed by atoms with van der Waals surface area (Å²) in [5, 5.41) is 0. The molecule has 1 saturated carbocycles. The molecule has 9 heteroatoms. The number of rotatable bonds is 6. The van der Waals surface area contributed by atoms with E-state index in [0.29, 0.717) is 44.3 Å². The largest absolute Gasteiger partial charge is 0.342 e. The van der Waals surface area contributed by atoms with E-state index in [4.69, 9.17) is 0 Å². The van der Waals surface area contributed by atoms with Crippen molar-refractivity contribution in [3.63, 3.8) is 0 Å². The van der Waals surface area contributed by atoms with Gasteiger partial charge in [0.15, 0.2) is 0 Å². The van der Waals surface area contributed by atoms with Crippen LogP contribution < -0.4 is 4.72 Å². The summed E-state index contributed by atoms with van der Waals surface area (Å²) in [6.07, 6.45) is 2.56. The number of benzene rings is 2. The van der Waals surface area contributed by atoms with Crippen LogP contribution in [0.5, 0.6) is 0 Å². The lowest BCUT2D eigenvalue weighted by molar-refractivity contribution is -0.132. The van der Waals surface area contributed by atoms with Crippen LogP contribution in [0.1, 0.15) is 37.2 Å². The molecule has 0 spiro atoms. The molecule has 33 heavy (non-hydrogen) atoms. The summed E-state index contributed by atoms with van der Waals surface area (Å²) >= 11 is 0. The molecule has 4 rings (SSSR count). The summed E-state index contributed by atoms with van der Waals surface area (Å²) in [4.78, 5) is 15.0. The zero-order chi connectivity index (χ0) is 23.8. The van der Waals surface area contributed by atoms with Crippen LogP contribution in [0.15, 0.2) is 42.5 Å². The molecule has 2 fully saturated rings. The van der Waals surface area contributed by atoms with E-state index < -0.39 is 21.8 Å². The highest BCUT2D eigenvalue weighted by Gasteiger charge is 2.47. The molecule has 0 bridgehead atoms. The van der Waals surface area contributed by atoms with E-state index in [1.807, 2.05) is 12.1 Å². The molecule has 1 N–H and O–H groups in total. The summed E-state index contributed by atoms with van der Waals surface area (Å²) in [5.74, 6) is -1.52. The van der Waals surface area contributed by atoms with Crippen molar-refractivity contribution < 1.29 is 22.0 Å². The van der Waals surface area contributed by atoms with Crippen molar-refractivity contribution in [1.82, 2.24) is 13.9 Å². The van der Waals surface area contributed by atoms with Gasteiger partial charge in [0.2, 0.25) is 5.91 Å². The van der Waals surface area contributed by atoms with E-state index in [2.05, 4.69) is 4.72 Å². The number of likely N-dealkylation sites (tertiary alicyclic amines) is 1. The zero-order valence-corrected chi connectivity index (χ0v) is 19.6. The van der Waals surface area contributed by atoms with E-state index in [9.17, 15) is 22.0 Å². The predicted octanol–water partition coefficient (Wildman–Crippen LogP) is 3.51. The average Bonchev–Trinajstić information content (AvgIpc) is 3.58. The fourth-order valence-electron chi connectivity index (χ4n) is 4.60. The topological polar surface area (TPSA) is 69.7 Å². The highest BCUT2D eigenvalue weighted by molar-refractivity contribution is 7.87. The van der Waals surface area contributed by atoms with E-state index in [0.717, 1.165) is 9.87 Å². The third-order valence-corrected chi connectivity index (χ3v) is 8.13. The Morgan fingerprint density at radius 1 is 1.03 bits per heavy atom. The van der Waals surface area contributed by atoms with Crippen molar-refractivity contribution in [2.75, 3.05) is 27.2 Å². The standard InChI is InChI=1S/C24H29F2N3O3S/c1-28(2)33(31,32)27-16-7-6-13-29(14-12-16)24(30)20-15-19(20)17-8-3-4-9-18(17)23-21(25)10-5-11-22(23)26/h3-5,8-11,16,19-20,27H,6-7,12-15H2,1-2H3/t16-,19+,20-/m1/s1. The van der Waals surface area contributed by atoms with Crippen molar-refractivity contribution in [2.24, 2.45) is 5.92 Å². The molecule has 1 heterocycles. The summed E-state index contributed by atoms with van der Waals surface area (Å²) in [6, 6.07) is 10.7. The van der Waals surface area contributed by atoms with Crippen molar-refractivity contribution in [2.45, 2.75) is 37.6 Å². The minimum absolute atomic E-state index is 0.0277. The molecule has 3 atom stereocenters. The van der Waals surface area contributed by atoms with Crippen molar-refractivity contribution >= 4 is 16.1 Å². The number of halogens is 2. The lowest BCUT2D eigenvalue weighted by atomic mass is 9.95. The molecule has 6 nitrogen and oxygen atoms in total. The Labute approximate surface area is 193 Å². The van der Waals surface area contributed by atoms with E-state index in [1.54, 1.807) is 17.0 Å². The second kappa shape index (κ2) is 9.48. The van der Waals surface area contributed by atoms with E-state index in [-0.39, 0.29) is 29.3 Å². The molecule has 2 aliphatic rings. The number of nitrogens with one attached hydrogen (secondary N) is 1. The Morgan fingerprint density at radius 2 is 1.73 bits per heavy atom. The van der Waals surface area contributed by atoms with Crippen LogP contribution in [0.3, 0.4) is 0 Å². The van der Waals surface area contributed by atoms with Gasteiger partial charge in [0.25, 0.3) is 10.2 Å². The minimum atomic E-state index is -3.52.